The molecule has 1 atom stereocenters. The molecule has 4 nitrogen and oxygen atoms in total. The molecule has 0 saturated carbocycles. The lowest BCUT2D eigenvalue weighted by atomic mass is 9.96. The van der Waals surface area contributed by atoms with Crippen molar-refractivity contribution in [3.63, 3.8) is 0 Å². The maximum atomic E-state index is 10.9. The van der Waals surface area contributed by atoms with Crippen LogP contribution >= 0.6 is 0 Å². The molecule has 0 bridgehead atoms. The molecule has 86 valence electrons. The minimum atomic E-state index is -1.09. The summed E-state index contributed by atoms with van der Waals surface area (Å²) in [7, 11) is 0. The Kier molecular flexibility index (Phi) is 3.10. The van der Waals surface area contributed by atoms with Crippen LogP contribution in [0.2, 0.25) is 0 Å². The SMILES string of the molecule is O=C(O)c1cc([C@H]2CCCCN2)ccc1O. The van der Waals surface area contributed by atoms with Crippen LogP contribution in [0.3, 0.4) is 0 Å². The molecular formula is C12H15NO3. The van der Waals surface area contributed by atoms with Gasteiger partial charge in [0.05, 0.1) is 0 Å². The van der Waals surface area contributed by atoms with Gasteiger partial charge in [0.15, 0.2) is 0 Å². The number of hydrogen-bond donors (Lipinski definition) is 3. The topological polar surface area (TPSA) is 69.6 Å². The first-order valence-electron chi connectivity index (χ1n) is 5.48. The number of nitrogens with one attached hydrogen (secondary N) is 1. The number of carbonyl (C=O) groups is 1. The molecule has 1 heterocycles. The van der Waals surface area contributed by atoms with Gasteiger partial charge in [-0.2, -0.15) is 0 Å². The highest BCUT2D eigenvalue weighted by molar-refractivity contribution is 5.90. The Morgan fingerprint density at radius 1 is 1.38 bits per heavy atom. The van der Waals surface area contributed by atoms with Gasteiger partial charge >= 0.3 is 5.97 Å². The Morgan fingerprint density at radius 2 is 2.19 bits per heavy atom. The van der Waals surface area contributed by atoms with Crippen molar-refractivity contribution in [2.24, 2.45) is 0 Å². The second kappa shape index (κ2) is 4.53. The van der Waals surface area contributed by atoms with Gasteiger partial charge in [-0.15, -0.1) is 0 Å². The van der Waals surface area contributed by atoms with Gasteiger partial charge in [0.2, 0.25) is 0 Å². The molecule has 0 radical (unpaired) electrons. The summed E-state index contributed by atoms with van der Waals surface area (Å²) in [5.41, 5.74) is 0.916. The molecule has 2 rings (SSSR count). The largest absolute Gasteiger partial charge is 0.507 e. The molecule has 0 aromatic heterocycles. The minimum absolute atomic E-state index is 0.0233. The number of aromatic carboxylic acids is 1. The van der Waals surface area contributed by atoms with Crippen molar-refractivity contribution in [1.82, 2.24) is 5.32 Å². The molecule has 0 aliphatic carbocycles. The highest BCUT2D eigenvalue weighted by Gasteiger charge is 2.17. The van der Waals surface area contributed by atoms with Crippen LogP contribution < -0.4 is 5.32 Å². The Bertz CT molecular complexity index is 397. The lowest BCUT2D eigenvalue weighted by Crippen LogP contribution is -2.26. The van der Waals surface area contributed by atoms with E-state index >= 15 is 0 Å². The smallest absolute Gasteiger partial charge is 0.339 e. The van der Waals surface area contributed by atoms with E-state index in [4.69, 9.17) is 5.11 Å². The molecule has 1 aromatic rings. The number of phenols is 1. The molecule has 1 fully saturated rings. The van der Waals surface area contributed by atoms with Crippen molar-refractivity contribution in [2.75, 3.05) is 6.54 Å². The molecule has 4 heteroatoms. The zero-order valence-corrected chi connectivity index (χ0v) is 8.94. The Hall–Kier alpha value is -1.55. The quantitative estimate of drug-likeness (QED) is 0.713. The van der Waals surface area contributed by atoms with Crippen LogP contribution in [0.4, 0.5) is 0 Å². The summed E-state index contributed by atoms with van der Waals surface area (Å²) in [4.78, 5) is 10.9. The number of benzene rings is 1. The molecule has 1 aromatic carbocycles. The van der Waals surface area contributed by atoms with Crippen molar-refractivity contribution in [1.29, 1.82) is 0 Å². The van der Waals surface area contributed by atoms with Crippen molar-refractivity contribution < 1.29 is 15.0 Å². The van der Waals surface area contributed by atoms with E-state index in [0.717, 1.165) is 24.9 Å². The number of rotatable bonds is 2. The fourth-order valence-corrected chi connectivity index (χ4v) is 2.08. The first-order valence-corrected chi connectivity index (χ1v) is 5.48. The third-order valence-corrected chi connectivity index (χ3v) is 2.96. The zero-order valence-electron chi connectivity index (χ0n) is 8.94. The van der Waals surface area contributed by atoms with Crippen LogP contribution in [0.5, 0.6) is 5.75 Å². The van der Waals surface area contributed by atoms with Gasteiger partial charge in [-0.05, 0) is 37.1 Å². The van der Waals surface area contributed by atoms with Crippen LogP contribution in [0, 0.1) is 0 Å². The van der Waals surface area contributed by atoms with Gasteiger partial charge in [0.25, 0.3) is 0 Å². The number of carboxylic acid groups (broad SMARTS) is 1. The normalized spacial score (nSPS) is 20.6. The summed E-state index contributed by atoms with van der Waals surface area (Å²) >= 11 is 0. The number of piperidine rings is 1. The monoisotopic (exact) mass is 221 g/mol. The maximum absolute atomic E-state index is 10.9. The van der Waals surface area contributed by atoms with Crippen molar-refractivity contribution in [3.8, 4) is 5.75 Å². The summed E-state index contributed by atoms with van der Waals surface area (Å²) in [5, 5.41) is 21.7. The van der Waals surface area contributed by atoms with Crippen LogP contribution in [0.25, 0.3) is 0 Å². The third-order valence-electron chi connectivity index (χ3n) is 2.96. The molecular weight excluding hydrogens is 206 g/mol. The maximum Gasteiger partial charge on any atom is 0.339 e. The number of aromatic hydroxyl groups is 1. The average Bonchev–Trinajstić information content (AvgIpc) is 2.30. The molecule has 1 aliphatic rings. The van der Waals surface area contributed by atoms with Gasteiger partial charge in [0.1, 0.15) is 11.3 Å². The van der Waals surface area contributed by atoms with Crippen molar-refractivity contribution in [2.45, 2.75) is 25.3 Å². The summed E-state index contributed by atoms with van der Waals surface area (Å²) in [6.45, 7) is 0.966. The van der Waals surface area contributed by atoms with E-state index in [9.17, 15) is 9.90 Å². The molecule has 0 unspecified atom stereocenters. The predicted molar refractivity (Wildman–Crippen MR) is 59.7 cm³/mol. The molecule has 0 amide bonds. The number of carboxylic acids is 1. The minimum Gasteiger partial charge on any atom is -0.507 e. The Balaban J connectivity index is 2.27. The van der Waals surface area contributed by atoms with E-state index in [1.807, 2.05) is 0 Å². The van der Waals surface area contributed by atoms with Crippen LogP contribution in [0.15, 0.2) is 18.2 Å². The van der Waals surface area contributed by atoms with Gasteiger partial charge in [-0.3, -0.25) is 0 Å². The summed E-state index contributed by atoms with van der Waals surface area (Å²) in [6.07, 6.45) is 3.34. The van der Waals surface area contributed by atoms with Crippen LogP contribution in [0.1, 0.15) is 41.2 Å². The average molecular weight is 221 g/mol. The Labute approximate surface area is 93.9 Å². The van der Waals surface area contributed by atoms with Gasteiger partial charge in [0, 0.05) is 6.04 Å². The van der Waals surface area contributed by atoms with E-state index in [2.05, 4.69) is 5.32 Å². The Morgan fingerprint density at radius 3 is 2.81 bits per heavy atom. The highest BCUT2D eigenvalue weighted by Crippen LogP contribution is 2.27. The van der Waals surface area contributed by atoms with E-state index in [-0.39, 0.29) is 17.4 Å². The third kappa shape index (κ3) is 2.17. The standard InChI is InChI=1S/C12H15NO3/c14-11-5-4-8(7-9(11)12(15)16)10-3-1-2-6-13-10/h4-5,7,10,13-14H,1-3,6H2,(H,15,16)/t10-/m1/s1. The first kappa shape index (κ1) is 11.0. The van der Waals surface area contributed by atoms with E-state index in [0.29, 0.717) is 0 Å². The molecule has 1 aliphatic heterocycles. The first-order chi connectivity index (χ1) is 7.68. The van der Waals surface area contributed by atoms with E-state index < -0.39 is 5.97 Å². The van der Waals surface area contributed by atoms with Crippen molar-refractivity contribution in [3.05, 3.63) is 29.3 Å². The second-order valence-corrected chi connectivity index (χ2v) is 4.08. The molecule has 1 saturated heterocycles. The fourth-order valence-electron chi connectivity index (χ4n) is 2.08. The summed E-state index contributed by atoms with van der Waals surface area (Å²) in [5.74, 6) is -1.26. The van der Waals surface area contributed by atoms with Crippen LogP contribution in [-0.4, -0.2) is 22.7 Å². The van der Waals surface area contributed by atoms with Gasteiger partial charge in [-0.25, -0.2) is 4.79 Å². The molecule has 3 N–H and O–H groups in total. The molecule has 0 spiro atoms. The summed E-state index contributed by atoms with van der Waals surface area (Å²) in [6, 6.07) is 5.01. The lowest BCUT2D eigenvalue weighted by molar-refractivity contribution is 0.0693. The van der Waals surface area contributed by atoms with E-state index in [1.165, 1.54) is 12.5 Å². The lowest BCUT2D eigenvalue weighted by Gasteiger charge is -2.24. The highest BCUT2D eigenvalue weighted by atomic mass is 16.4. The second-order valence-electron chi connectivity index (χ2n) is 4.08. The fraction of sp³-hybridized carbons (Fsp3) is 0.417. The van der Waals surface area contributed by atoms with Crippen LogP contribution in [-0.2, 0) is 0 Å². The zero-order chi connectivity index (χ0) is 11.5. The number of hydrogen-bond acceptors (Lipinski definition) is 3. The van der Waals surface area contributed by atoms with E-state index in [1.54, 1.807) is 12.1 Å². The predicted octanol–water partition coefficient (Wildman–Crippen LogP) is 1.90. The summed E-state index contributed by atoms with van der Waals surface area (Å²) < 4.78 is 0. The van der Waals surface area contributed by atoms with Crippen molar-refractivity contribution >= 4 is 5.97 Å². The van der Waals surface area contributed by atoms with Gasteiger partial charge in [-0.1, -0.05) is 12.5 Å². The molecule has 16 heavy (non-hydrogen) atoms. The van der Waals surface area contributed by atoms with Gasteiger partial charge < -0.3 is 15.5 Å².